The Balaban J connectivity index is 2.07. The van der Waals surface area contributed by atoms with E-state index in [1.807, 2.05) is 6.08 Å². The van der Waals surface area contributed by atoms with E-state index < -0.39 is 49.5 Å². The van der Waals surface area contributed by atoms with Crippen LogP contribution in [0.1, 0.15) is 399 Å². The van der Waals surface area contributed by atoms with Crippen LogP contribution in [0.2, 0.25) is 0 Å². The molecule has 1 heterocycles. The number of carbonyl (C=O) groups excluding carboxylic acids is 1. The van der Waals surface area contributed by atoms with Crippen molar-refractivity contribution in [3.8, 4) is 0 Å². The normalized spacial score (nSPS) is 18.1. The molecule has 1 saturated heterocycles. The maximum Gasteiger partial charge on any atom is 0.220 e. The van der Waals surface area contributed by atoms with Gasteiger partial charge in [-0.3, -0.25) is 4.79 Å². The van der Waals surface area contributed by atoms with Gasteiger partial charge in [0.15, 0.2) is 6.29 Å². The quantitative estimate of drug-likeness (QED) is 0.0261. The number of hydrogen-bond donors (Lipinski definition) is 6. The van der Waals surface area contributed by atoms with E-state index in [1.54, 1.807) is 6.08 Å². The van der Waals surface area contributed by atoms with Crippen molar-refractivity contribution in [3.05, 3.63) is 36.5 Å². The first-order chi connectivity index (χ1) is 42.8. The van der Waals surface area contributed by atoms with E-state index in [4.69, 9.17) is 9.47 Å². The van der Waals surface area contributed by atoms with Gasteiger partial charge in [-0.2, -0.15) is 0 Å². The molecule has 6 N–H and O–H groups in total. The van der Waals surface area contributed by atoms with Gasteiger partial charge in [0.05, 0.1) is 25.4 Å². The van der Waals surface area contributed by atoms with Crippen molar-refractivity contribution in [1.82, 2.24) is 5.32 Å². The van der Waals surface area contributed by atoms with Gasteiger partial charge in [0.2, 0.25) is 5.91 Å². The molecule has 1 amide bonds. The molecule has 7 atom stereocenters. The van der Waals surface area contributed by atoms with E-state index in [2.05, 4.69) is 43.5 Å². The van der Waals surface area contributed by atoms with Gasteiger partial charge in [-0.05, 0) is 57.8 Å². The Morgan fingerprint density at radius 1 is 0.379 bits per heavy atom. The van der Waals surface area contributed by atoms with E-state index in [0.29, 0.717) is 6.42 Å². The first-order valence-electron chi connectivity index (χ1n) is 38.7. The van der Waals surface area contributed by atoms with Crippen molar-refractivity contribution in [2.45, 2.75) is 442 Å². The Hall–Kier alpha value is -1.59. The zero-order valence-electron chi connectivity index (χ0n) is 57.8. The third-order valence-electron chi connectivity index (χ3n) is 18.7. The number of hydrogen-bond acceptors (Lipinski definition) is 8. The Labute approximate surface area is 540 Å². The predicted molar refractivity (Wildman–Crippen MR) is 373 cm³/mol. The van der Waals surface area contributed by atoms with Gasteiger partial charge in [0.1, 0.15) is 24.4 Å². The molecule has 9 heteroatoms. The van der Waals surface area contributed by atoms with Gasteiger partial charge < -0.3 is 40.3 Å². The molecule has 0 radical (unpaired) electrons. The fourth-order valence-corrected chi connectivity index (χ4v) is 12.6. The summed E-state index contributed by atoms with van der Waals surface area (Å²) < 4.78 is 11.3. The molecule has 0 bridgehead atoms. The molecule has 0 aliphatic carbocycles. The minimum atomic E-state index is -1.57. The molecule has 1 aliphatic heterocycles. The van der Waals surface area contributed by atoms with Crippen LogP contribution in [0, 0.1) is 0 Å². The molecular formula is C78H149NO8. The molecule has 0 aromatic heterocycles. The number of aliphatic hydroxyl groups excluding tert-OH is 5. The van der Waals surface area contributed by atoms with E-state index in [9.17, 15) is 30.3 Å². The number of allylic oxidation sites excluding steroid dienone is 5. The summed E-state index contributed by atoms with van der Waals surface area (Å²) in [4.78, 5) is 13.1. The molecule has 514 valence electrons. The number of ether oxygens (including phenoxy) is 2. The second-order valence-corrected chi connectivity index (χ2v) is 27.1. The van der Waals surface area contributed by atoms with Crippen molar-refractivity contribution >= 4 is 5.91 Å². The average Bonchev–Trinajstić information content (AvgIpc) is 3.38. The van der Waals surface area contributed by atoms with Crippen molar-refractivity contribution in [2.75, 3.05) is 13.2 Å². The molecule has 0 aromatic rings. The fraction of sp³-hybridized carbons (Fsp3) is 0.910. The lowest BCUT2D eigenvalue weighted by molar-refractivity contribution is -0.302. The first kappa shape index (κ1) is 83.4. The number of aliphatic hydroxyl groups is 5. The van der Waals surface area contributed by atoms with Crippen LogP contribution in [-0.4, -0.2) is 87.5 Å². The number of unbranched alkanes of at least 4 members (excludes halogenated alkanes) is 55. The first-order valence-corrected chi connectivity index (χ1v) is 38.7. The highest BCUT2D eigenvalue weighted by Gasteiger charge is 2.44. The zero-order valence-corrected chi connectivity index (χ0v) is 57.8. The summed E-state index contributed by atoms with van der Waals surface area (Å²) in [5.74, 6) is -0.179. The van der Waals surface area contributed by atoms with Crippen LogP contribution in [0.25, 0.3) is 0 Å². The molecule has 1 rings (SSSR count). The number of rotatable bonds is 69. The van der Waals surface area contributed by atoms with E-state index in [-0.39, 0.29) is 12.5 Å². The standard InChI is InChI=1S/C78H149NO8/c1-3-5-7-9-11-13-15-17-19-21-23-25-27-29-30-31-32-33-34-35-36-37-38-39-40-41-42-44-46-48-50-52-54-56-58-60-62-64-66-68-74(82)79-71(70-86-78-77(85)76(84)75(83)73(69-80)87-78)72(81)67-65-63-61-59-57-55-53-51-49-47-45-43-28-26-24-22-20-18-16-14-12-10-8-6-4-2/h35-36,57,59,65,67,71-73,75-78,80-81,83-85H,3-34,37-56,58,60-64,66,68-70H2,1-2H3,(H,79,82)/b36-35-,59-57+,67-65+. The molecule has 1 aliphatic rings. The Bertz CT molecular complexity index is 1470. The highest BCUT2D eigenvalue weighted by Crippen LogP contribution is 2.24. The predicted octanol–water partition coefficient (Wildman–Crippen LogP) is 21.8. The number of carbonyl (C=O) groups is 1. The molecule has 0 aromatic carbocycles. The van der Waals surface area contributed by atoms with E-state index in [1.165, 1.54) is 340 Å². The van der Waals surface area contributed by atoms with Crippen molar-refractivity contribution in [3.63, 3.8) is 0 Å². The minimum absolute atomic E-state index is 0.179. The smallest absolute Gasteiger partial charge is 0.220 e. The van der Waals surface area contributed by atoms with Crippen molar-refractivity contribution in [1.29, 1.82) is 0 Å². The summed E-state index contributed by atoms with van der Waals surface area (Å²) in [6, 6.07) is -0.822. The summed E-state index contributed by atoms with van der Waals surface area (Å²) >= 11 is 0. The van der Waals surface area contributed by atoms with Gasteiger partial charge in [0.25, 0.3) is 0 Å². The average molecular weight is 1230 g/mol. The molecule has 0 spiro atoms. The molecule has 9 nitrogen and oxygen atoms in total. The van der Waals surface area contributed by atoms with Crippen LogP contribution < -0.4 is 5.32 Å². The highest BCUT2D eigenvalue weighted by molar-refractivity contribution is 5.76. The minimum Gasteiger partial charge on any atom is -0.394 e. The lowest BCUT2D eigenvalue weighted by Crippen LogP contribution is -2.60. The highest BCUT2D eigenvalue weighted by atomic mass is 16.7. The molecule has 0 saturated carbocycles. The van der Waals surface area contributed by atoms with Crippen LogP contribution in [-0.2, 0) is 14.3 Å². The van der Waals surface area contributed by atoms with Gasteiger partial charge in [0, 0.05) is 6.42 Å². The third-order valence-corrected chi connectivity index (χ3v) is 18.7. The van der Waals surface area contributed by atoms with Crippen LogP contribution in [0.4, 0.5) is 0 Å². The van der Waals surface area contributed by atoms with Crippen molar-refractivity contribution < 1.29 is 39.8 Å². The lowest BCUT2D eigenvalue weighted by Gasteiger charge is -2.40. The summed E-state index contributed by atoms with van der Waals surface area (Å²) in [5, 5.41) is 54.8. The summed E-state index contributed by atoms with van der Waals surface area (Å²) in [5.41, 5.74) is 0. The second-order valence-electron chi connectivity index (χ2n) is 27.1. The fourth-order valence-electron chi connectivity index (χ4n) is 12.6. The van der Waals surface area contributed by atoms with Gasteiger partial charge in [-0.25, -0.2) is 0 Å². The SMILES string of the molecule is CCCCCCCCCCCCCCCCCCCC/C=C\CCCCCCCCCCCCCCCCCCCC(=O)NC(COC1OC(CO)C(O)C(O)C1O)C(O)/C=C/CC/C=C/CCCCCCCCCCCCCCCCCCCCC. The van der Waals surface area contributed by atoms with Gasteiger partial charge in [-0.1, -0.05) is 371 Å². The van der Waals surface area contributed by atoms with Crippen molar-refractivity contribution in [2.24, 2.45) is 0 Å². The topological polar surface area (TPSA) is 149 Å². The third kappa shape index (κ3) is 55.7. The Morgan fingerprint density at radius 2 is 0.655 bits per heavy atom. The lowest BCUT2D eigenvalue weighted by atomic mass is 9.99. The van der Waals surface area contributed by atoms with Crippen LogP contribution in [0.5, 0.6) is 0 Å². The second kappa shape index (κ2) is 67.3. The number of amides is 1. The summed E-state index contributed by atoms with van der Waals surface area (Å²) in [6.45, 7) is 3.83. The Kier molecular flexibility index (Phi) is 64.5. The van der Waals surface area contributed by atoms with Crippen LogP contribution in [0.3, 0.4) is 0 Å². The van der Waals surface area contributed by atoms with E-state index in [0.717, 1.165) is 38.5 Å². The number of nitrogens with one attached hydrogen (secondary N) is 1. The van der Waals surface area contributed by atoms with Crippen LogP contribution in [0.15, 0.2) is 36.5 Å². The monoisotopic (exact) mass is 1230 g/mol. The van der Waals surface area contributed by atoms with Gasteiger partial charge in [-0.15, -0.1) is 0 Å². The maximum atomic E-state index is 13.1. The zero-order chi connectivity index (χ0) is 62.8. The van der Waals surface area contributed by atoms with Gasteiger partial charge >= 0.3 is 0 Å². The molecular weight excluding hydrogens is 1080 g/mol. The summed E-state index contributed by atoms with van der Waals surface area (Å²) in [7, 11) is 0. The van der Waals surface area contributed by atoms with Crippen LogP contribution >= 0.6 is 0 Å². The molecule has 7 unspecified atom stereocenters. The summed E-state index contributed by atoms with van der Waals surface area (Å²) in [6.07, 6.45) is 84.4. The largest absolute Gasteiger partial charge is 0.394 e. The Morgan fingerprint density at radius 3 is 0.966 bits per heavy atom. The molecule has 1 fully saturated rings. The van der Waals surface area contributed by atoms with E-state index >= 15 is 0 Å². The molecule has 87 heavy (non-hydrogen) atoms. The maximum absolute atomic E-state index is 13.1.